The van der Waals surface area contributed by atoms with Crippen molar-refractivity contribution in [3.8, 4) is 0 Å². The van der Waals surface area contributed by atoms with Crippen molar-refractivity contribution < 1.29 is 5.11 Å². The van der Waals surface area contributed by atoms with Crippen LogP contribution < -0.4 is 4.90 Å². The molecule has 1 N–H and O–H groups in total. The molecule has 4 heteroatoms. The first kappa shape index (κ1) is 12.8. The predicted octanol–water partition coefficient (Wildman–Crippen LogP) is 3.21. The first-order valence-corrected chi connectivity index (χ1v) is 7.33. The summed E-state index contributed by atoms with van der Waals surface area (Å²) in [6.07, 6.45) is 8.29. The van der Waals surface area contributed by atoms with Crippen LogP contribution >= 0.6 is 11.3 Å². The van der Waals surface area contributed by atoms with Crippen molar-refractivity contribution in [1.82, 2.24) is 4.98 Å². The minimum atomic E-state index is -0.399. The van der Waals surface area contributed by atoms with Gasteiger partial charge in [0, 0.05) is 19.8 Å². The third-order valence-corrected chi connectivity index (χ3v) is 4.79. The molecule has 0 saturated heterocycles. The highest BCUT2D eigenvalue weighted by Crippen LogP contribution is 2.29. The van der Waals surface area contributed by atoms with E-state index in [1.165, 1.54) is 32.1 Å². The SMILES string of the molecule is CC(O)c1cnc(N(C)CC2CCCCC2)s1. The first-order valence-electron chi connectivity index (χ1n) is 6.51. The Morgan fingerprint density at radius 3 is 2.76 bits per heavy atom. The third-order valence-electron chi connectivity index (χ3n) is 3.51. The lowest BCUT2D eigenvalue weighted by Crippen LogP contribution is -2.26. The quantitative estimate of drug-likeness (QED) is 0.896. The molecule has 0 spiro atoms. The fraction of sp³-hybridized carbons (Fsp3) is 0.769. The van der Waals surface area contributed by atoms with Crippen molar-refractivity contribution in [2.24, 2.45) is 5.92 Å². The molecule has 0 radical (unpaired) electrons. The minimum absolute atomic E-state index is 0.399. The summed E-state index contributed by atoms with van der Waals surface area (Å²) in [5, 5.41) is 10.5. The average Bonchev–Trinajstić information content (AvgIpc) is 2.79. The molecule has 1 unspecified atom stereocenters. The van der Waals surface area contributed by atoms with E-state index in [9.17, 15) is 5.11 Å². The van der Waals surface area contributed by atoms with E-state index in [-0.39, 0.29) is 0 Å². The molecule has 1 aromatic heterocycles. The van der Waals surface area contributed by atoms with Crippen molar-refractivity contribution in [3.05, 3.63) is 11.1 Å². The Bertz CT molecular complexity index is 345. The lowest BCUT2D eigenvalue weighted by Gasteiger charge is -2.26. The molecule has 1 aromatic rings. The van der Waals surface area contributed by atoms with Crippen LogP contribution in [0.15, 0.2) is 6.20 Å². The zero-order valence-corrected chi connectivity index (χ0v) is 11.5. The molecular formula is C13H22N2OS. The summed E-state index contributed by atoms with van der Waals surface area (Å²) >= 11 is 1.60. The van der Waals surface area contributed by atoms with E-state index in [4.69, 9.17) is 0 Å². The molecule has 2 rings (SSSR count). The van der Waals surface area contributed by atoms with Crippen molar-refractivity contribution >= 4 is 16.5 Å². The van der Waals surface area contributed by atoms with E-state index in [1.54, 1.807) is 24.5 Å². The smallest absolute Gasteiger partial charge is 0.185 e. The summed E-state index contributed by atoms with van der Waals surface area (Å²) in [6, 6.07) is 0. The van der Waals surface area contributed by atoms with E-state index in [0.717, 1.165) is 22.5 Å². The van der Waals surface area contributed by atoms with Gasteiger partial charge in [0.25, 0.3) is 0 Å². The monoisotopic (exact) mass is 254 g/mol. The van der Waals surface area contributed by atoms with Crippen LogP contribution in [0, 0.1) is 5.92 Å². The van der Waals surface area contributed by atoms with Crippen molar-refractivity contribution in [3.63, 3.8) is 0 Å². The third kappa shape index (κ3) is 3.42. The number of thiazole rings is 1. The van der Waals surface area contributed by atoms with Crippen molar-refractivity contribution in [2.75, 3.05) is 18.5 Å². The Kier molecular flexibility index (Phi) is 4.40. The van der Waals surface area contributed by atoms with Crippen LogP contribution in [0.1, 0.15) is 50.0 Å². The van der Waals surface area contributed by atoms with Gasteiger partial charge in [0.1, 0.15) is 0 Å². The van der Waals surface area contributed by atoms with Crippen molar-refractivity contribution in [1.29, 1.82) is 0 Å². The normalized spacial score (nSPS) is 19.2. The molecule has 1 heterocycles. The number of rotatable bonds is 4. The molecule has 1 fully saturated rings. The topological polar surface area (TPSA) is 36.4 Å². The number of aromatic nitrogens is 1. The van der Waals surface area contributed by atoms with Crippen LogP contribution in [0.3, 0.4) is 0 Å². The summed E-state index contributed by atoms with van der Waals surface area (Å²) in [7, 11) is 2.11. The Morgan fingerprint density at radius 2 is 2.18 bits per heavy atom. The van der Waals surface area contributed by atoms with E-state index in [0.29, 0.717) is 0 Å². The van der Waals surface area contributed by atoms with Gasteiger partial charge in [-0.15, -0.1) is 0 Å². The summed E-state index contributed by atoms with van der Waals surface area (Å²) in [5.74, 6) is 0.827. The maximum atomic E-state index is 9.49. The maximum absolute atomic E-state index is 9.49. The molecule has 1 atom stereocenters. The second-order valence-electron chi connectivity index (χ2n) is 5.11. The van der Waals surface area contributed by atoms with E-state index < -0.39 is 6.10 Å². The zero-order chi connectivity index (χ0) is 12.3. The maximum Gasteiger partial charge on any atom is 0.185 e. The Balaban J connectivity index is 1.91. The Morgan fingerprint density at radius 1 is 1.47 bits per heavy atom. The molecule has 1 aliphatic rings. The standard InChI is InChI=1S/C13H22N2OS/c1-10(16)12-8-14-13(17-12)15(2)9-11-6-4-3-5-7-11/h8,10-11,16H,3-7,9H2,1-2H3. The van der Waals surface area contributed by atoms with Crippen LogP contribution in [-0.2, 0) is 0 Å². The molecule has 1 aliphatic carbocycles. The van der Waals surface area contributed by atoms with Gasteiger partial charge in [0.15, 0.2) is 5.13 Å². The molecule has 1 saturated carbocycles. The Hall–Kier alpha value is -0.610. The zero-order valence-electron chi connectivity index (χ0n) is 10.7. The van der Waals surface area contributed by atoms with Gasteiger partial charge in [-0.25, -0.2) is 4.98 Å². The van der Waals surface area contributed by atoms with E-state index in [2.05, 4.69) is 16.9 Å². The Labute approximate surface area is 107 Å². The first-order chi connectivity index (χ1) is 8.16. The number of hydrogen-bond donors (Lipinski definition) is 1. The van der Waals surface area contributed by atoms with E-state index in [1.807, 2.05) is 0 Å². The van der Waals surface area contributed by atoms with Gasteiger partial charge >= 0.3 is 0 Å². The van der Waals surface area contributed by atoms with Crippen LogP contribution in [0.2, 0.25) is 0 Å². The van der Waals surface area contributed by atoms with Crippen LogP contribution in [0.4, 0.5) is 5.13 Å². The molecular weight excluding hydrogens is 232 g/mol. The number of aliphatic hydroxyl groups is 1. The number of aliphatic hydroxyl groups excluding tert-OH is 1. The molecule has 17 heavy (non-hydrogen) atoms. The van der Waals surface area contributed by atoms with Gasteiger partial charge in [-0.2, -0.15) is 0 Å². The van der Waals surface area contributed by atoms with Gasteiger partial charge < -0.3 is 10.0 Å². The van der Waals surface area contributed by atoms with Crippen LogP contribution in [0.5, 0.6) is 0 Å². The minimum Gasteiger partial charge on any atom is -0.388 e. The lowest BCUT2D eigenvalue weighted by molar-refractivity contribution is 0.203. The lowest BCUT2D eigenvalue weighted by atomic mass is 9.89. The summed E-state index contributed by atoms with van der Waals surface area (Å²) in [6.45, 7) is 2.89. The van der Waals surface area contributed by atoms with Gasteiger partial charge in [0.2, 0.25) is 0 Å². The van der Waals surface area contributed by atoms with Crippen molar-refractivity contribution in [2.45, 2.75) is 45.1 Å². The summed E-state index contributed by atoms with van der Waals surface area (Å²) < 4.78 is 0. The average molecular weight is 254 g/mol. The molecule has 0 bridgehead atoms. The van der Waals surface area contributed by atoms with Gasteiger partial charge in [0.05, 0.1) is 11.0 Å². The molecule has 0 aliphatic heterocycles. The van der Waals surface area contributed by atoms with E-state index >= 15 is 0 Å². The predicted molar refractivity (Wildman–Crippen MR) is 72.6 cm³/mol. The highest BCUT2D eigenvalue weighted by molar-refractivity contribution is 7.15. The number of hydrogen-bond acceptors (Lipinski definition) is 4. The summed E-state index contributed by atoms with van der Waals surface area (Å²) in [4.78, 5) is 7.58. The fourth-order valence-electron chi connectivity index (χ4n) is 2.48. The fourth-order valence-corrected chi connectivity index (χ4v) is 3.30. The highest BCUT2D eigenvalue weighted by atomic mass is 32.1. The van der Waals surface area contributed by atoms with Gasteiger partial charge in [-0.05, 0) is 25.7 Å². The molecule has 0 aromatic carbocycles. The highest BCUT2D eigenvalue weighted by Gasteiger charge is 2.17. The van der Waals surface area contributed by atoms with Crippen LogP contribution in [0.25, 0.3) is 0 Å². The van der Waals surface area contributed by atoms with Gasteiger partial charge in [-0.3, -0.25) is 0 Å². The summed E-state index contributed by atoms with van der Waals surface area (Å²) in [5.41, 5.74) is 0. The molecule has 3 nitrogen and oxygen atoms in total. The van der Waals surface area contributed by atoms with Crippen LogP contribution in [-0.4, -0.2) is 23.7 Å². The van der Waals surface area contributed by atoms with Gasteiger partial charge in [-0.1, -0.05) is 30.6 Å². The second kappa shape index (κ2) is 5.83. The molecule has 0 amide bonds. The largest absolute Gasteiger partial charge is 0.388 e. The number of anilines is 1. The molecule has 96 valence electrons. The number of nitrogens with zero attached hydrogens (tertiary/aromatic N) is 2. The second-order valence-corrected chi connectivity index (χ2v) is 6.15.